The number of nitrogens with zero attached hydrogens (tertiary/aromatic N) is 2. The fourth-order valence-electron chi connectivity index (χ4n) is 4.25. The molecule has 1 unspecified atom stereocenters. The fourth-order valence-corrected chi connectivity index (χ4v) is 4.25. The Morgan fingerprint density at radius 1 is 0.950 bits per heavy atom. The van der Waals surface area contributed by atoms with E-state index in [9.17, 15) is 20.2 Å². The highest BCUT2D eigenvalue weighted by molar-refractivity contribution is 5.74. The van der Waals surface area contributed by atoms with Crippen molar-refractivity contribution in [1.82, 2.24) is 0 Å². The molecule has 0 aromatic heterocycles. The number of carbonyl (C=O) groups is 1. The maximum atomic E-state index is 12.4. The summed E-state index contributed by atoms with van der Waals surface area (Å²) in [5.74, 6) is 0.233. The summed E-state index contributed by atoms with van der Waals surface area (Å²) in [5, 5.41) is 21.0. The van der Waals surface area contributed by atoms with Crippen LogP contribution >= 0.6 is 0 Å². The second-order valence-corrected chi connectivity index (χ2v) is 8.60. The van der Waals surface area contributed by atoms with Crippen LogP contribution in [0, 0.1) is 21.4 Å². The van der Waals surface area contributed by atoms with Crippen LogP contribution in [0.5, 0.6) is 28.7 Å². The van der Waals surface area contributed by atoms with Crippen LogP contribution in [0.25, 0.3) is 0 Å². The Bertz CT molecular complexity index is 1660. The van der Waals surface area contributed by atoms with Gasteiger partial charge in [0, 0.05) is 17.7 Å². The second kappa shape index (κ2) is 11.3. The summed E-state index contributed by atoms with van der Waals surface area (Å²) in [6.45, 7) is -0.555. The maximum Gasteiger partial charge on any atom is 0.349 e. The van der Waals surface area contributed by atoms with E-state index in [0.717, 1.165) is 5.56 Å². The Kier molecular flexibility index (Phi) is 7.28. The highest BCUT2D eigenvalue weighted by Gasteiger charge is 2.31. The lowest BCUT2D eigenvalue weighted by Gasteiger charge is -2.27. The highest BCUT2D eigenvalue weighted by Crippen LogP contribution is 2.44. The summed E-state index contributed by atoms with van der Waals surface area (Å²) in [6.07, 6.45) is 0. The van der Waals surface area contributed by atoms with Crippen LogP contribution in [0.3, 0.4) is 0 Å². The van der Waals surface area contributed by atoms with E-state index in [0.29, 0.717) is 22.8 Å². The van der Waals surface area contributed by atoms with Gasteiger partial charge in [-0.2, -0.15) is 5.26 Å². The van der Waals surface area contributed by atoms with E-state index in [2.05, 4.69) is 6.07 Å². The first-order valence-electron chi connectivity index (χ1n) is 12.0. The number of benzene rings is 4. The molecule has 0 spiro atoms. The molecule has 0 radical (unpaired) electrons. The van der Waals surface area contributed by atoms with E-state index in [4.69, 9.17) is 24.7 Å². The van der Waals surface area contributed by atoms with Crippen molar-refractivity contribution < 1.29 is 28.7 Å². The third-order valence-corrected chi connectivity index (χ3v) is 6.00. The smallest absolute Gasteiger partial charge is 0.349 e. The quantitative estimate of drug-likeness (QED) is 0.132. The summed E-state index contributed by atoms with van der Waals surface area (Å²) in [7, 11) is 0. The molecule has 0 fully saturated rings. The lowest BCUT2D eigenvalue weighted by atomic mass is 9.83. The molecule has 1 aliphatic rings. The molecule has 198 valence electrons. The molecule has 0 saturated heterocycles. The standard InChI is InChI=1S/C30H21N3O7/c31-17-24-29(19-7-6-10-21(15-19)38-20-8-2-1-3-9-20)23-14-13-22(16-27(23)40-30(24)32)39-28(34)18-37-26-12-5-4-11-25(26)33(35)36/h1-16,29H,18,32H2. The number of fused-ring (bicyclic) bond motifs is 1. The number of rotatable bonds is 8. The molecule has 0 saturated carbocycles. The molecule has 4 aromatic rings. The first kappa shape index (κ1) is 25.8. The zero-order valence-corrected chi connectivity index (χ0v) is 20.9. The number of hydrogen-bond acceptors (Lipinski definition) is 9. The zero-order valence-electron chi connectivity index (χ0n) is 20.9. The van der Waals surface area contributed by atoms with Gasteiger partial charge < -0.3 is 24.7 Å². The first-order valence-corrected chi connectivity index (χ1v) is 12.0. The average molecular weight is 536 g/mol. The first-order chi connectivity index (χ1) is 19.4. The molecule has 2 N–H and O–H groups in total. The van der Waals surface area contributed by atoms with E-state index in [1.165, 1.54) is 24.3 Å². The van der Waals surface area contributed by atoms with Crippen molar-refractivity contribution in [3.63, 3.8) is 0 Å². The monoisotopic (exact) mass is 535 g/mol. The van der Waals surface area contributed by atoms with E-state index in [-0.39, 0.29) is 28.6 Å². The Morgan fingerprint density at radius 2 is 1.70 bits per heavy atom. The van der Waals surface area contributed by atoms with Gasteiger partial charge in [0.15, 0.2) is 12.4 Å². The molecule has 5 rings (SSSR count). The summed E-state index contributed by atoms with van der Waals surface area (Å²) >= 11 is 0. The lowest BCUT2D eigenvalue weighted by Crippen LogP contribution is -2.21. The Balaban J connectivity index is 1.36. The predicted molar refractivity (Wildman–Crippen MR) is 143 cm³/mol. The molecule has 4 aromatic carbocycles. The van der Waals surface area contributed by atoms with E-state index < -0.39 is 23.4 Å². The zero-order chi connectivity index (χ0) is 28.1. The average Bonchev–Trinajstić information content (AvgIpc) is 2.96. The number of nitriles is 1. The summed E-state index contributed by atoms with van der Waals surface area (Å²) in [6, 6.07) is 29.2. The van der Waals surface area contributed by atoms with Gasteiger partial charge in [-0.05, 0) is 42.0 Å². The number of para-hydroxylation sites is 3. The van der Waals surface area contributed by atoms with Crippen LogP contribution in [0.2, 0.25) is 0 Å². The number of nitrogens with two attached hydrogens (primary N) is 1. The molecule has 0 bridgehead atoms. The van der Waals surface area contributed by atoms with Crippen molar-refractivity contribution in [1.29, 1.82) is 5.26 Å². The van der Waals surface area contributed by atoms with E-state index in [1.807, 2.05) is 54.6 Å². The molecule has 10 nitrogen and oxygen atoms in total. The van der Waals surface area contributed by atoms with Gasteiger partial charge >= 0.3 is 11.7 Å². The maximum absolute atomic E-state index is 12.4. The number of hydrogen-bond donors (Lipinski definition) is 1. The Labute approximate surface area is 228 Å². The molecule has 0 amide bonds. The Hall–Kier alpha value is -5.82. The van der Waals surface area contributed by atoms with Crippen molar-refractivity contribution in [2.45, 2.75) is 5.92 Å². The largest absolute Gasteiger partial charge is 0.475 e. The third kappa shape index (κ3) is 5.54. The van der Waals surface area contributed by atoms with E-state index in [1.54, 1.807) is 18.2 Å². The number of allylic oxidation sites excluding steroid dienone is 1. The molecule has 10 heteroatoms. The van der Waals surface area contributed by atoms with Crippen LogP contribution in [0.4, 0.5) is 5.69 Å². The normalized spacial score (nSPS) is 13.8. The van der Waals surface area contributed by atoms with Gasteiger partial charge in [-0.1, -0.05) is 48.5 Å². The number of esters is 1. The van der Waals surface area contributed by atoms with Crippen LogP contribution in [-0.2, 0) is 4.79 Å². The number of carbonyl (C=O) groups excluding carboxylic acids is 1. The van der Waals surface area contributed by atoms with Gasteiger partial charge in [-0.15, -0.1) is 0 Å². The summed E-state index contributed by atoms with van der Waals surface area (Å²) in [4.78, 5) is 23.0. The molecule has 1 aliphatic heterocycles. The number of nitro benzene ring substituents is 1. The van der Waals surface area contributed by atoms with Gasteiger partial charge in [-0.3, -0.25) is 10.1 Å². The molecule has 0 aliphatic carbocycles. The number of nitro groups is 1. The van der Waals surface area contributed by atoms with Crippen molar-refractivity contribution >= 4 is 11.7 Å². The topological polar surface area (TPSA) is 147 Å². The summed E-state index contributed by atoms with van der Waals surface area (Å²) < 4.78 is 22.3. The van der Waals surface area contributed by atoms with Gasteiger partial charge in [0.25, 0.3) is 0 Å². The third-order valence-electron chi connectivity index (χ3n) is 6.00. The van der Waals surface area contributed by atoms with Gasteiger partial charge in [-0.25, -0.2) is 4.79 Å². The highest BCUT2D eigenvalue weighted by atomic mass is 16.6. The van der Waals surface area contributed by atoms with Crippen LogP contribution in [-0.4, -0.2) is 17.5 Å². The van der Waals surface area contributed by atoms with E-state index >= 15 is 0 Å². The molecule has 1 atom stereocenters. The van der Waals surface area contributed by atoms with Crippen molar-refractivity contribution in [2.75, 3.05) is 6.61 Å². The Morgan fingerprint density at radius 3 is 2.48 bits per heavy atom. The molecule has 1 heterocycles. The SMILES string of the molecule is N#CC1=C(N)Oc2cc(OC(=O)COc3ccccc3[N+](=O)[O-])ccc2C1c1cccc(Oc2ccccc2)c1. The van der Waals surface area contributed by atoms with Crippen molar-refractivity contribution in [2.24, 2.45) is 5.73 Å². The molecular formula is C30H21N3O7. The summed E-state index contributed by atoms with van der Waals surface area (Å²) in [5.41, 5.74) is 7.47. The minimum absolute atomic E-state index is 0.0542. The van der Waals surface area contributed by atoms with Crippen LogP contribution in [0.1, 0.15) is 17.0 Å². The minimum Gasteiger partial charge on any atom is -0.475 e. The fraction of sp³-hybridized carbons (Fsp3) is 0.0667. The van der Waals surface area contributed by atoms with Crippen molar-refractivity contribution in [3.8, 4) is 34.8 Å². The minimum atomic E-state index is -0.780. The van der Waals surface area contributed by atoms with Gasteiger partial charge in [0.1, 0.15) is 34.6 Å². The molecular weight excluding hydrogens is 514 g/mol. The number of ether oxygens (including phenoxy) is 4. The van der Waals surface area contributed by atoms with Crippen molar-refractivity contribution in [3.05, 3.63) is 130 Å². The lowest BCUT2D eigenvalue weighted by molar-refractivity contribution is -0.385. The predicted octanol–water partition coefficient (Wildman–Crippen LogP) is 5.59. The van der Waals surface area contributed by atoms with Crippen LogP contribution < -0.4 is 24.7 Å². The van der Waals surface area contributed by atoms with Crippen LogP contribution in [0.15, 0.2) is 109 Å². The second-order valence-electron chi connectivity index (χ2n) is 8.60. The van der Waals surface area contributed by atoms with Gasteiger partial charge in [0.2, 0.25) is 5.88 Å². The van der Waals surface area contributed by atoms with Gasteiger partial charge in [0.05, 0.1) is 10.8 Å². The molecule has 40 heavy (non-hydrogen) atoms.